The molecular formula is C26H20FN5O. The van der Waals surface area contributed by atoms with Crippen LogP contribution in [0.5, 0.6) is 0 Å². The molecule has 0 aliphatic rings. The number of nitrogens with zero attached hydrogens (tertiary/aromatic N) is 4. The first-order chi connectivity index (χ1) is 16.2. The van der Waals surface area contributed by atoms with Gasteiger partial charge in [0.25, 0.3) is 5.82 Å². The van der Waals surface area contributed by atoms with Crippen LogP contribution in [0.25, 0.3) is 49.5 Å². The molecule has 3 aromatic heterocycles. The minimum absolute atomic E-state index is 0.00371. The first kappa shape index (κ1) is 20.6. The monoisotopic (exact) mass is 437 g/mol. The summed E-state index contributed by atoms with van der Waals surface area (Å²) in [7, 11) is 0. The quantitative estimate of drug-likeness (QED) is 0.328. The van der Waals surface area contributed by atoms with E-state index >= 15 is 0 Å². The van der Waals surface area contributed by atoms with Crippen molar-refractivity contribution in [3.05, 3.63) is 90.2 Å². The van der Waals surface area contributed by atoms with E-state index in [2.05, 4.69) is 14.8 Å². The lowest BCUT2D eigenvalue weighted by Crippen LogP contribution is -2.01. The second-order valence-corrected chi connectivity index (χ2v) is 7.64. The minimum Gasteiger partial charge on any atom is -0.396 e. The molecule has 3 heterocycles. The number of aryl methyl sites for hydroxylation is 1. The van der Waals surface area contributed by atoms with Crippen molar-refractivity contribution in [2.45, 2.75) is 13.0 Å². The molecule has 2 aromatic carbocycles. The fourth-order valence-corrected chi connectivity index (χ4v) is 4.02. The van der Waals surface area contributed by atoms with Crippen molar-refractivity contribution in [1.29, 1.82) is 0 Å². The molecule has 0 saturated heterocycles. The third kappa shape index (κ3) is 3.77. The second kappa shape index (κ2) is 8.69. The molecule has 0 saturated carbocycles. The van der Waals surface area contributed by atoms with Gasteiger partial charge in [0.15, 0.2) is 0 Å². The van der Waals surface area contributed by atoms with Gasteiger partial charge in [0, 0.05) is 41.4 Å². The van der Waals surface area contributed by atoms with Crippen molar-refractivity contribution in [1.82, 2.24) is 19.7 Å². The summed E-state index contributed by atoms with van der Waals surface area (Å²) in [6.07, 6.45) is 2.18. The lowest BCUT2D eigenvalue weighted by Gasteiger charge is -2.05. The van der Waals surface area contributed by atoms with Gasteiger partial charge in [-0.1, -0.05) is 49.0 Å². The van der Waals surface area contributed by atoms with Gasteiger partial charge in [-0.15, -0.1) is 5.10 Å². The molecule has 33 heavy (non-hydrogen) atoms. The summed E-state index contributed by atoms with van der Waals surface area (Å²) in [4.78, 5) is 11.6. The third-order valence-corrected chi connectivity index (χ3v) is 5.56. The number of pyridine rings is 1. The van der Waals surface area contributed by atoms with Crippen LogP contribution in [-0.4, -0.2) is 31.5 Å². The Morgan fingerprint density at radius 1 is 1.03 bits per heavy atom. The molecule has 0 spiro atoms. The number of aliphatic hydroxyl groups excluding tert-OH is 1. The number of H-pyrrole nitrogens is 1. The van der Waals surface area contributed by atoms with E-state index in [0.29, 0.717) is 41.3 Å². The van der Waals surface area contributed by atoms with Crippen LogP contribution in [0.3, 0.4) is 0 Å². The number of rotatable bonds is 6. The number of fused-ring (bicyclic) bond motifs is 1. The number of hydrogen-bond acceptors (Lipinski definition) is 3. The molecule has 7 heteroatoms. The zero-order chi connectivity index (χ0) is 22.8. The van der Waals surface area contributed by atoms with Gasteiger partial charge >= 0.3 is 0 Å². The van der Waals surface area contributed by atoms with Crippen LogP contribution < -0.4 is 0 Å². The highest BCUT2D eigenvalue weighted by Crippen LogP contribution is 2.42. The van der Waals surface area contributed by atoms with Crippen molar-refractivity contribution in [2.75, 3.05) is 6.61 Å². The van der Waals surface area contributed by atoms with Gasteiger partial charge in [0.2, 0.25) is 0 Å². The number of aromatic nitrogens is 4. The van der Waals surface area contributed by atoms with Crippen LogP contribution >= 0.6 is 0 Å². The summed E-state index contributed by atoms with van der Waals surface area (Å²) < 4.78 is 15.3. The zero-order valence-corrected chi connectivity index (χ0v) is 17.7. The lowest BCUT2D eigenvalue weighted by molar-refractivity contribution is 0.277. The Labute approximate surface area is 189 Å². The lowest BCUT2D eigenvalue weighted by atomic mass is 9.99. The Hall–Kier alpha value is -4.28. The first-order valence-corrected chi connectivity index (χ1v) is 10.6. The number of hydrogen-bond donors (Lipinski definition) is 2. The Morgan fingerprint density at radius 2 is 1.82 bits per heavy atom. The molecule has 0 aliphatic heterocycles. The summed E-state index contributed by atoms with van der Waals surface area (Å²) in [5.74, 6) is 0.00983. The minimum atomic E-state index is -0.346. The molecule has 5 aromatic rings. The topological polar surface area (TPSA) is 71.1 Å². The number of nitrogens with one attached hydrogen (secondary N) is 1. The van der Waals surface area contributed by atoms with Crippen molar-refractivity contribution in [3.63, 3.8) is 0 Å². The van der Waals surface area contributed by atoms with Gasteiger partial charge in [-0.25, -0.2) is 9.37 Å². The van der Waals surface area contributed by atoms with E-state index in [-0.39, 0.29) is 12.4 Å². The van der Waals surface area contributed by atoms with Gasteiger partial charge in [-0.3, -0.25) is 0 Å². The van der Waals surface area contributed by atoms with Crippen molar-refractivity contribution in [3.8, 4) is 33.6 Å². The highest BCUT2D eigenvalue weighted by Gasteiger charge is 2.24. The van der Waals surface area contributed by atoms with E-state index < -0.39 is 0 Å². The largest absolute Gasteiger partial charge is 0.396 e. The van der Waals surface area contributed by atoms with E-state index in [1.165, 1.54) is 12.1 Å². The molecule has 0 amide bonds. The van der Waals surface area contributed by atoms with Crippen LogP contribution in [-0.2, 0) is 6.54 Å². The molecule has 0 unspecified atom stereocenters. The van der Waals surface area contributed by atoms with Gasteiger partial charge in [-0.05, 0) is 35.4 Å². The zero-order valence-electron chi connectivity index (χ0n) is 17.7. The third-order valence-electron chi connectivity index (χ3n) is 5.56. The number of benzene rings is 2. The Morgan fingerprint density at radius 3 is 2.55 bits per heavy atom. The molecule has 0 aliphatic carbocycles. The maximum atomic E-state index is 13.6. The summed E-state index contributed by atoms with van der Waals surface area (Å²) >= 11 is 0. The van der Waals surface area contributed by atoms with Crippen LogP contribution in [0.2, 0.25) is 0 Å². The van der Waals surface area contributed by atoms with Crippen LogP contribution in [0, 0.1) is 12.4 Å². The average Bonchev–Trinajstić information content (AvgIpc) is 3.45. The summed E-state index contributed by atoms with van der Waals surface area (Å²) in [6, 6.07) is 20.0. The molecule has 0 bridgehead atoms. The summed E-state index contributed by atoms with van der Waals surface area (Å²) in [6.45, 7) is 8.21. The van der Waals surface area contributed by atoms with E-state index in [1.54, 1.807) is 23.0 Å². The van der Waals surface area contributed by atoms with Crippen molar-refractivity contribution < 1.29 is 9.50 Å². The standard InChI is InChI=1S/C26H20FN5O/c1-28-26-23(18-8-10-19(27)11-9-18)24(31-32(26)14-5-15-33)20-12-13-29-25-21(20)16-22(30-25)17-6-3-2-4-7-17/h2-4,6-13,16,33H,5,14-15H2,(H,29,30). The smallest absolute Gasteiger partial charge is 0.260 e. The normalized spacial score (nSPS) is 11.1. The maximum absolute atomic E-state index is 13.6. The number of aromatic amines is 1. The Kier molecular flexibility index (Phi) is 5.43. The molecule has 5 rings (SSSR count). The summed E-state index contributed by atoms with van der Waals surface area (Å²) in [5.41, 5.74) is 5.47. The van der Waals surface area contributed by atoms with E-state index in [4.69, 9.17) is 11.7 Å². The van der Waals surface area contributed by atoms with E-state index in [0.717, 1.165) is 22.2 Å². The highest BCUT2D eigenvalue weighted by molar-refractivity contribution is 6.01. The van der Waals surface area contributed by atoms with Crippen molar-refractivity contribution >= 4 is 16.9 Å². The molecule has 2 N–H and O–H groups in total. The fraction of sp³-hybridized carbons (Fsp3) is 0.115. The first-order valence-electron chi connectivity index (χ1n) is 10.6. The fourth-order valence-electron chi connectivity index (χ4n) is 4.02. The Balaban J connectivity index is 1.75. The van der Waals surface area contributed by atoms with E-state index in [1.807, 2.05) is 42.5 Å². The maximum Gasteiger partial charge on any atom is 0.260 e. The van der Waals surface area contributed by atoms with Crippen molar-refractivity contribution in [2.24, 2.45) is 0 Å². The molecule has 6 nitrogen and oxygen atoms in total. The molecule has 0 radical (unpaired) electrons. The molecular weight excluding hydrogens is 417 g/mol. The average molecular weight is 437 g/mol. The molecule has 0 atom stereocenters. The molecule has 162 valence electrons. The predicted molar refractivity (Wildman–Crippen MR) is 126 cm³/mol. The summed E-state index contributed by atoms with van der Waals surface area (Å²) in [5, 5.41) is 15.0. The van der Waals surface area contributed by atoms with Gasteiger partial charge in [0.05, 0.1) is 6.54 Å². The van der Waals surface area contributed by atoms with Crippen LogP contribution in [0.1, 0.15) is 6.42 Å². The molecule has 0 fully saturated rings. The predicted octanol–water partition coefficient (Wildman–Crippen LogP) is 5.83. The SMILES string of the molecule is [C-]#[N+]c1c(-c2ccc(F)cc2)c(-c2ccnc3[nH]c(-c4ccccc4)cc23)nn1CCCO. The number of halogens is 1. The van der Waals surface area contributed by atoms with Gasteiger partial charge < -0.3 is 14.9 Å². The van der Waals surface area contributed by atoms with Crippen LogP contribution in [0.15, 0.2) is 72.9 Å². The van der Waals surface area contributed by atoms with Gasteiger partial charge in [0.1, 0.15) is 17.2 Å². The van der Waals surface area contributed by atoms with Gasteiger partial charge in [-0.2, -0.15) is 4.68 Å². The van der Waals surface area contributed by atoms with Crippen LogP contribution in [0.4, 0.5) is 10.2 Å². The Bertz CT molecular complexity index is 1460. The number of aliphatic hydroxyl groups is 1. The highest BCUT2D eigenvalue weighted by atomic mass is 19.1. The van der Waals surface area contributed by atoms with E-state index in [9.17, 15) is 9.50 Å². The second-order valence-electron chi connectivity index (χ2n) is 7.64.